The third-order valence-electron chi connectivity index (χ3n) is 3.83. The first-order chi connectivity index (χ1) is 10.1. The monoisotopic (exact) mass is 278 g/mol. The summed E-state index contributed by atoms with van der Waals surface area (Å²) in [6.07, 6.45) is 1.65. The molecule has 3 nitrogen and oxygen atoms in total. The van der Waals surface area contributed by atoms with Gasteiger partial charge in [0.2, 0.25) is 0 Å². The molecule has 0 radical (unpaired) electrons. The van der Waals surface area contributed by atoms with E-state index >= 15 is 0 Å². The van der Waals surface area contributed by atoms with Gasteiger partial charge in [0.05, 0.1) is 17.4 Å². The number of aromatic nitrogens is 1. The molecule has 3 aromatic rings. The number of benzene rings is 2. The highest BCUT2D eigenvalue weighted by molar-refractivity contribution is 5.89. The zero-order valence-corrected chi connectivity index (χ0v) is 12.5. The van der Waals surface area contributed by atoms with Gasteiger partial charge >= 0.3 is 0 Å². The van der Waals surface area contributed by atoms with E-state index in [0.717, 1.165) is 27.8 Å². The number of fused-ring (bicyclic) bond motifs is 1. The number of para-hydroxylation sites is 1. The summed E-state index contributed by atoms with van der Waals surface area (Å²) in [5.41, 5.74) is 10.9. The molecule has 0 fully saturated rings. The lowest BCUT2D eigenvalue weighted by atomic mass is 10.1. The van der Waals surface area contributed by atoms with Crippen LogP contribution in [-0.2, 0) is 0 Å². The quantitative estimate of drug-likeness (QED) is 0.749. The maximum atomic E-state index is 6.20. The number of hydrogen-bond donors (Lipinski definition) is 1. The molecule has 2 aromatic carbocycles. The summed E-state index contributed by atoms with van der Waals surface area (Å²) < 4.78 is 6.20. The number of rotatable bonds is 2. The van der Waals surface area contributed by atoms with Gasteiger partial charge in [0.15, 0.2) is 5.75 Å². The van der Waals surface area contributed by atoms with Gasteiger partial charge in [0, 0.05) is 5.39 Å². The first kappa shape index (κ1) is 13.4. The fraction of sp³-hybridized carbons (Fsp3) is 0.167. The lowest BCUT2D eigenvalue weighted by Gasteiger charge is -2.16. The van der Waals surface area contributed by atoms with Crippen molar-refractivity contribution in [2.24, 2.45) is 0 Å². The highest BCUT2D eigenvalue weighted by atomic mass is 16.5. The third kappa shape index (κ3) is 2.31. The van der Waals surface area contributed by atoms with E-state index in [0.29, 0.717) is 11.4 Å². The van der Waals surface area contributed by atoms with E-state index in [2.05, 4.69) is 31.0 Å². The van der Waals surface area contributed by atoms with Crippen molar-refractivity contribution in [1.82, 2.24) is 4.98 Å². The van der Waals surface area contributed by atoms with Crippen molar-refractivity contribution in [3.05, 3.63) is 59.3 Å². The van der Waals surface area contributed by atoms with Gasteiger partial charge in [0.25, 0.3) is 0 Å². The number of aryl methyl sites for hydroxylation is 2. The van der Waals surface area contributed by atoms with Crippen LogP contribution in [0.2, 0.25) is 0 Å². The van der Waals surface area contributed by atoms with Gasteiger partial charge in [-0.05, 0) is 49.6 Å². The average Bonchev–Trinajstić information content (AvgIpc) is 2.49. The Bertz CT molecular complexity index is 825. The second-order valence-corrected chi connectivity index (χ2v) is 5.32. The Morgan fingerprint density at radius 3 is 2.43 bits per heavy atom. The Hall–Kier alpha value is -2.55. The number of nitrogen functional groups attached to an aromatic ring is 1. The van der Waals surface area contributed by atoms with Crippen molar-refractivity contribution in [1.29, 1.82) is 0 Å². The van der Waals surface area contributed by atoms with E-state index in [9.17, 15) is 0 Å². The fourth-order valence-electron chi connectivity index (χ4n) is 2.43. The van der Waals surface area contributed by atoms with Crippen LogP contribution in [0.25, 0.3) is 10.9 Å². The summed E-state index contributed by atoms with van der Waals surface area (Å²) in [5.74, 6) is 1.55. The Balaban J connectivity index is 2.19. The normalized spacial score (nSPS) is 10.8. The summed E-state index contributed by atoms with van der Waals surface area (Å²) in [6.45, 7) is 6.19. The molecule has 0 aliphatic carbocycles. The largest absolute Gasteiger partial charge is 0.454 e. The van der Waals surface area contributed by atoms with E-state index in [-0.39, 0.29) is 0 Å². The van der Waals surface area contributed by atoms with Crippen LogP contribution in [0, 0.1) is 20.8 Å². The van der Waals surface area contributed by atoms with Crippen LogP contribution in [0.4, 0.5) is 5.69 Å². The van der Waals surface area contributed by atoms with E-state index in [4.69, 9.17) is 10.5 Å². The number of pyridine rings is 1. The molecule has 0 atom stereocenters. The molecule has 0 saturated carbocycles. The molecule has 106 valence electrons. The van der Waals surface area contributed by atoms with Gasteiger partial charge in [-0.3, -0.25) is 4.98 Å². The van der Waals surface area contributed by atoms with Crippen LogP contribution in [0.3, 0.4) is 0 Å². The number of nitrogens with zero attached hydrogens (tertiary/aromatic N) is 1. The number of ether oxygens (including phenoxy) is 1. The third-order valence-corrected chi connectivity index (χ3v) is 3.83. The van der Waals surface area contributed by atoms with E-state index in [1.54, 1.807) is 6.20 Å². The molecule has 1 heterocycles. The van der Waals surface area contributed by atoms with Crippen molar-refractivity contribution in [3.63, 3.8) is 0 Å². The van der Waals surface area contributed by atoms with Crippen molar-refractivity contribution in [2.75, 3.05) is 5.73 Å². The van der Waals surface area contributed by atoms with Crippen molar-refractivity contribution >= 4 is 16.6 Å². The zero-order valence-electron chi connectivity index (χ0n) is 12.5. The van der Waals surface area contributed by atoms with E-state index in [1.165, 1.54) is 5.56 Å². The zero-order chi connectivity index (χ0) is 15.0. The second-order valence-electron chi connectivity index (χ2n) is 5.32. The molecule has 0 aliphatic heterocycles. The molecule has 0 bridgehead atoms. The van der Waals surface area contributed by atoms with Gasteiger partial charge < -0.3 is 10.5 Å². The fourth-order valence-corrected chi connectivity index (χ4v) is 2.43. The molecule has 3 rings (SSSR count). The maximum absolute atomic E-state index is 6.20. The summed E-state index contributed by atoms with van der Waals surface area (Å²) in [5, 5.41) is 0.929. The summed E-state index contributed by atoms with van der Waals surface area (Å²) in [7, 11) is 0. The minimum absolute atomic E-state index is 0.550. The molecule has 3 heteroatoms. The predicted octanol–water partition coefficient (Wildman–Crippen LogP) is 4.53. The summed E-state index contributed by atoms with van der Waals surface area (Å²) >= 11 is 0. The average molecular weight is 278 g/mol. The van der Waals surface area contributed by atoms with Crippen LogP contribution in [0.5, 0.6) is 11.5 Å². The maximum Gasteiger partial charge on any atom is 0.161 e. The first-order valence-electron chi connectivity index (χ1n) is 6.96. The Labute approximate surface area is 124 Å². The molecule has 0 aliphatic rings. The molecule has 21 heavy (non-hydrogen) atoms. The van der Waals surface area contributed by atoms with Gasteiger partial charge in [0.1, 0.15) is 5.75 Å². The molecular weight excluding hydrogens is 260 g/mol. The van der Waals surface area contributed by atoms with E-state index in [1.807, 2.05) is 31.2 Å². The summed E-state index contributed by atoms with van der Waals surface area (Å²) in [6, 6.07) is 12.0. The molecular formula is C18H18N2O. The van der Waals surface area contributed by atoms with Crippen LogP contribution < -0.4 is 10.5 Å². The van der Waals surface area contributed by atoms with Gasteiger partial charge in [-0.15, -0.1) is 0 Å². The van der Waals surface area contributed by atoms with Crippen LogP contribution in [0.15, 0.2) is 42.6 Å². The Morgan fingerprint density at radius 2 is 1.62 bits per heavy atom. The molecule has 2 N–H and O–H groups in total. The highest BCUT2D eigenvalue weighted by Crippen LogP contribution is 2.37. The summed E-state index contributed by atoms with van der Waals surface area (Å²) in [4.78, 5) is 4.34. The minimum atomic E-state index is 0.550. The van der Waals surface area contributed by atoms with Crippen molar-refractivity contribution in [2.45, 2.75) is 20.8 Å². The number of hydrogen-bond acceptors (Lipinski definition) is 3. The molecule has 0 saturated heterocycles. The van der Waals surface area contributed by atoms with Crippen LogP contribution >= 0.6 is 0 Å². The lowest BCUT2D eigenvalue weighted by Crippen LogP contribution is -1.98. The molecule has 0 unspecified atom stereocenters. The molecule has 1 aromatic heterocycles. The SMILES string of the molecule is Cc1ccc(C)c(Oc2c(N)cnc3ccccc23)c1C. The second kappa shape index (κ2) is 5.09. The minimum Gasteiger partial charge on any atom is -0.454 e. The van der Waals surface area contributed by atoms with Crippen LogP contribution in [-0.4, -0.2) is 4.98 Å². The first-order valence-corrected chi connectivity index (χ1v) is 6.96. The highest BCUT2D eigenvalue weighted by Gasteiger charge is 2.13. The van der Waals surface area contributed by atoms with Crippen molar-refractivity contribution < 1.29 is 4.74 Å². The lowest BCUT2D eigenvalue weighted by molar-refractivity contribution is 0.482. The molecule has 0 spiro atoms. The molecule has 0 amide bonds. The number of nitrogens with two attached hydrogens (primary N) is 1. The predicted molar refractivity (Wildman–Crippen MR) is 86.9 cm³/mol. The van der Waals surface area contributed by atoms with Gasteiger partial charge in [-0.25, -0.2) is 0 Å². The Morgan fingerprint density at radius 1 is 0.905 bits per heavy atom. The topological polar surface area (TPSA) is 48.1 Å². The van der Waals surface area contributed by atoms with E-state index < -0.39 is 0 Å². The van der Waals surface area contributed by atoms with Gasteiger partial charge in [-0.2, -0.15) is 0 Å². The van der Waals surface area contributed by atoms with Crippen molar-refractivity contribution in [3.8, 4) is 11.5 Å². The number of anilines is 1. The van der Waals surface area contributed by atoms with Gasteiger partial charge in [-0.1, -0.05) is 24.3 Å². The standard InChI is InChI=1S/C18H18N2O/c1-11-8-9-12(2)17(13(11)3)21-18-14-6-4-5-7-16(14)20-10-15(18)19/h4-10H,19H2,1-3H3. The Kier molecular flexibility index (Phi) is 3.26. The van der Waals surface area contributed by atoms with Crippen LogP contribution in [0.1, 0.15) is 16.7 Å². The smallest absolute Gasteiger partial charge is 0.161 e.